The second kappa shape index (κ2) is 7.58. The number of hydrogen-bond donors (Lipinski definition) is 1. The predicted molar refractivity (Wildman–Crippen MR) is 87.8 cm³/mol. The van der Waals surface area contributed by atoms with Crippen molar-refractivity contribution in [2.24, 2.45) is 0 Å². The van der Waals surface area contributed by atoms with E-state index in [-0.39, 0.29) is 17.5 Å². The molecule has 1 fully saturated rings. The van der Waals surface area contributed by atoms with Crippen LogP contribution in [0.2, 0.25) is 0 Å². The Morgan fingerprint density at radius 2 is 2.08 bits per heavy atom. The number of nitrogens with zero attached hydrogens (tertiary/aromatic N) is 2. The highest BCUT2D eigenvalue weighted by Gasteiger charge is 2.29. The van der Waals surface area contributed by atoms with Gasteiger partial charge in [-0.25, -0.2) is 12.8 Å². The first kappa shape index (κ1) is 18.8. The summed E-state index contributed by atoms with van der Waals surface area (Å²) >= 11 is 0. The van der Waals surface area contributed by atoms with Gasteiger partial charge in [0.05, 0.1) is 11.4 Å². The first-order chi connectivity index (χ1) is 11.2. The van der Waals surface area contributed by atoms with E-state index in [1.54, 1.807) is 11.9 Å². The van der Waals surface area contributed by atoms with Gasteiger partial charge in [0.2, 0.25) is 10.0 Å². The fraction of sp³-hybridized carbons (Fsp3) is 0.562. The molecular weight excluding hydrogens is 335 g/mol. The molecule has 6 nitrogen and oxygen atoms in total. The number of aliphatic carboxylic acids is 1. The van der Waals surface area contributed by atoms with Gasteiger partial charge in [0, 0.05) is 19.1 Å². The maximum absolute atomic E-state index is 13.4. The Balaban J connectivity index is 2.12. The van der Waals surface area contributed by atoms with Gasteiger partial charge >= 0.3 is 5.97 Å². The summed E-state index contributed by atoms with van der Waals surface area (Å²) in [5, 5.41) is 8.88. The quantitative estimate of drug-likeness (QED) is 0.867. The van der Waals surface area contributed by atoms with E-state index >= 15 is 0 Å². The third-order valence-corrected chi connectivity index (χ3v) is 6.33. The van der Waals surface area contributed by atoms with Crippen molar-refractivity contribution in [3.05, 3.63) is 29.6 Å². The molecule has 1 aromatic rings. The standard InChI is InChI=1S/C16H23FN2O4S/c1-12-10-14(5-6-15(12)17)24(22,23)19-8-3-4-13(7-9-19)18(2)11-16(20)21/h5-6,10,13H,3-4,7-9,11H2,1-2H3,(H,20,21). The molecule has 1 aliphatic heterocycles. The van der Waals surface area contributed by atoms with Crippen LogP contribution in [0.15, 0.2) is 23.1 Å². The summed E-state index contributed by atoms with van der Waals surface area (Å²) in [6.07, 6.45) is 1.98. The molecule has 0 radical (unpaired) electrons. The van der Waals surface area contributed by atoms with Gasteiger partial charge in [-0.05, 0) is 57.0 Å². The molecule has 0 bridgehead atoms. The van der Waals surface area contributed by atoms with Crippen LogP contribution in [0.1, 0.15) is 24.8 Å². The molecule has 8 heteroatoms. The number of benzene rings is 1. The maximum atomic E-state index is 13.4. The van der Waals surface area contributed by atoms with E-state index in [4.69, 9.17) is 5.11 Å². The van der Waals surface area contributed by atoms with Gasteiger partial charge in [0.1, 0.15) is 5.82 Å². The van der Waals surface area contributed by atoms with Crippen molar-refractivity contribution in [1.29, 1.82) is 0 Å². The topological polar surface area (TPSA) is 77.9 Å². The number of sulfonamides is 1. The third-order valence-electron chi connectivity index (χ3n) is 4.43. The van der Waals surface area contributed by atoms with Crippen LogP contribution in [-0.4, -0.2) is 61.4 Å². The van der Waals surface area contributed by atoms with Crippen LogP contribution in [0, 0.1) is 12.7 Å². The molecule has 24 heavy (non-hydrogen) atoms. The van der Waals surface area contributed by atoms with Gasteiger partial charge in [-0.1, -0.05) is 0 Å². The molecule has 134 valence electrons. The average Bonchev–Trinajstić information content (AvgIpc) is 2.75. The highest BCUT2D eigenvalue weighted by atomic mass is 32.2. The van der Waals surface area contributed by atoms with Crippen molar-refractivity contribution in [1.82, 2.24) is 9.21 Å². The zero-order valence-corrected chi connectivity index (χ0v) is 14.7. The Morgan fingerprint density at radius 3 is 2.71 bits per heavy atom. The van der Waals surface area contributed by atoms with Gasteiger partial charge in [-0.15, -0.1) is 0 Å². The predicted octanol–water partition coefficient (Wildman–Crippen LogP) is 1.69. The Bertz CT molecular complexity index is 708. The lowest BCUT2D eigenvalue weighted by molar-refractivity contribution is -0.138. The number of carboxylic acids is 1. The Kier molecular flexibility index (Phi) is 5.95. The van der Waals surface area contributed by atoms with E-state index in [1.807, 2.05) is 0 Å². The molecule has 1 atom stereocenters. The third kappa shape index (κ3) is 4.31. The van der Waals surface area contributed by atoms with E-state index in [0.29, 0.717) is 31.5 Å². The van der Waals surface area contributed by atoms with Crippen molar-refractivity contribution in [3.63, 3.8) is 0 Å². The average molecular weight is 358 g/mol. The maximum Gasteiger partial charge on any atom is 0.317 e. The van der Waals surface area contributed by atoms with Crippen molar-refractivity contribution < 1.29 is 22.7 Å². The summed E-state index contributed by atoms with van der Waals surface area (Å²) in [5.74, 6) is -1.33. The second-order valence-electron chi connectivity index (χ2n) is 6.21. The molecule has 2 rings (SSSR count). The largest absolute Gasteiger partial charge is 0.480 e. The van der Waals surface area contributed by atoms with Crippen molar-refractivity contribution in [2.45, 2.75) is 37.1 Å². The molecule has 1 aliphatic rings. The highest BCUT2D eigenvalue weighted by Crippen LogP contribution is 2.23. The normalized spacial score (nSPS) is 20.1. The minimum Gasteiger partial charge on any atom is -0.480 e. The molecule has 1 heterocycles. The molecule has 1 aromatic carbocycles. The summed E-state index contributed by atoms with van der Waals surface area (Å²) in [4.78, 5) is 12.7. The fourth-order valence-electron chi connectivity index (χ4n) is 3.00. The summed E-state index contributed by atoms with van der Waals surface area (Å²) in [6.45, 7) is 2.19. The number of carboxylic acid groups (broad SMARTS) is 1. The summed E-state index contributed by atoms with van der Waals surface area (Å²) in [7, 11) is -1.92. The Morgan fingerprint density at radius 1 is 1.38 bits per heavy atom. The highest BCUT2D eigenvalue weighted by molar-refractivity contribution is 7.89. The minimum absolute atomic E-state index is 0.0382. The van der Waals surface area contributed by atoms with E-state index in [2.05, 4.69) is 0 Å². The molecule has 0 spiro atoms. The van der Waals surface area contributed by atoms with Gasteiger partial charge in [-0.2, -0.15) is 4.31 Å². The van der Waals surface area contributed by atoms with E-state index in [1.165, 1.54) is 29.4 Å². The zero-order valence-electron chi connectivity index (χ0n) is 13.9. The number of carbonyl (C=O) groups is 1. The number of rotatable bonds is 5. The lowest BCUT2D eigenvalue weighted by Crippen LogP contribution is -2.37. The summed E-state index contributed by atoms with van der Waals surface area (Å²) in [5.41, 5.74) is 0.296. The smallest absolute Gasteiger partial charge is 0.317 e. The molecule has 0 aromatic heterocycles. The Labute approximate surface area is 141 Å². The van der Waals surface area contributed by atoms with Gasteiger partial charge in [0.25, 0.3) is 0 Å². The van der Waals surface area contributed by atoms with Gasteiger partial charge in [-0.3, -0.25) is 9.69 Å². The second-order valence-corrected chi connectivity index (χ2v) is 8.15. The van der Waals surface area contributed by atoms with E-state index < -0.39 is 21.8 Å². The van der Waals surface area contributed by atoms with Crippen LogP contribution in [0.3, 0.4) is 0 Å². The van der Waals surface area contributed by atoms with Crippen LogP contribution < -0.4 is 0 Å². The summed E-state index contributed by atoms with van der Waals surface area (Å²) < 4.78 is 40.3. The minimum atomic E-state index is -3.66. The number of hydrogen-bond acceptors (Lipinski definition) is 4. The molecule has 0 amide bonds. The van der Waals surface area contributed by atoms with Crippen LogP contribution in [0.25, 0.3) is 0 Å². The molecule has 0 aliphatic carbocycles. The van der Waals surface area contributed by atoms with Crippen molar-refractivity contribution in [3.8, 4) is 0 Å². The molecule has 1 N–H and O–H groups in total. The van der Waals surface area contributed by atoms with Crippen LogP contribution in [0.5, 0.6) is 0 Å². The molecule has 1 saturated heterocycles. The van der Waals surface area contributed by atoms with Crippen LogP contribution >= 0.6 is 0 Å². The van der Waals surface area contributed by atoms with Gasteiger partial charge < -0.3 is 5.11 Å². The Hall–Kier alpha value is -1.51. The summed E-state index contributed by atoms with van der Waals surface area (Å²) in [6, 6.07) is 3.85. The molecular formula is C16H23FN2O4S. The van der Waals surface area contributed by atoms with E-state index in [0.717, 1.165) is 6.42 Å². The molecule has 1 unspecified atom stereocenters. The van der Waals surface area contributed by atoms with Gasteiger partial charge in [0.15, 0.2) is 0 Å². The van der Waals surface area contributed by atoms with E-state index in [9.17, 15) is 17.6 Å². The first-order valence-electron chi connectivity index (χ1n) is 7.90. The lowest BCUT2D eigenvalue weighted by Gasteiger charge is -2.25. The SMILES string of the molecule is Cc1cc(S(=O)(=O)N2CCCC(N(C)CC(=O)O)CC2)ccc1F. The zero-order chi connectivity index (χ0) is 17.9. The lowest BCUT2D eigenvalue weighted by atomic mass is 10.1. The van der Waals surface area contributed by atoms with Crippen molar-refractivity contribution in [2.75, 3.05) is 26.7 Å². The number of likely N-dealkylation sites (N-methyl/N-ethyl adjacent to an activating group) is 1. The van der Waals surface area contributed by atoms with Crippen LogP contribution in [-0.2, 0) is 14.8 Å². The number of aryl methyl sites for hydroxylation is 1. The van der Waals surface area contributed by atoms with Crippen LogP contribution in [0.4, 0.5) is 4.39 Å². The number of halogens is 1. The van der Waals surface area contributed by atoms with Crippen molar-refractivity contribution >= 4 is 16.0 Å². The monoisotopic (exact) mass is 358 g/mol. The first-order valence-corrected chi connectivity index (χ1v) is 9.34. The fourth-order valence-corrected chi connectivity index (χ4v) is 4.58. The molecule has 0 saturated carbocycles.